The lowest BCUT2D eigenvalue weighted by Crippen LogP contribution is -2.41. The number of carbonyl (C=O) groups excluding carboxylic acids is 1. The molecule has 1 atom stereocenters. The van der Waals surface area contributed by atoms with E-state index in [0.29, 0.717) is 13.2 Å². The topological polar surface area (TPSA) is 59.0 Å². The van der Waals surface area contributed by atoms with Crippen LogP contribution in [0.5, 0.6) is 0 Å². The molecule has 0 aliphatic rings. The molecule has 15 heavy (non-hydrogen) atoms. The molecular weight excluding hydrogens is 198 g/mol. The second kappa shape index (κ2) is 8.49. The monoisotopic (exact) mass is 219 g/mol. The van der Waals surface area contributed by atoms with Crippen molar-refractivity contribution in [3.05, 3.63) is 0 Å². The zero-order valence-corrected chi connectivity index (χ0v) is 9.73. The fourth-order valence-corrected chi connectivity index (χ4v) is 1.12. The number of hydrogen-bond donors (Lipinski definition) is 1. The van der Waals surface area contributed by atoms with E-state index >= 15 is 0 Å². The highest BCUT2D eigenvalue weighted by Crippen LogP contribution is 2.05. The first-order valence-corrected chi connectivity index (χ1v) is 5.20. The standard InChI is InChI=1S/C10H21NO4/c1-4-9(2)11(5-7-14-3)10(13)15-8-6-12/h9,12H,4-8H2,1-3H3. The quantitative estimate of drug-likeness (QED) is 0.690. The van der Waals surface area contributed by atoms with Crippen LogP contribution in [0.3, 0.4) is 0 Å². The molecule has 0 aliphatic heterocycles. The average molecular weight is 219 g/mol. The number of aliphatic hydroxyl groups is 1. The summed E-state index contributed by atoms with van der Waals surface area (Å²) in [7, 11) is 1.59. The van der Waals surface area contributed by atoms with E-state index in [1.54, 1.807) is 12.0 Å². The van der Waals surface area contributed by atoms with Crippen molar-refractivity contribution in [2.24, 2.45) is 0 Å². The van der Waals surface area contributed by atoms with Crippen LogP contribution >= 0.6 is 0 Å². The van der Waals surface area contributed by atoms with Gasteiger partial charge in [0, 0.05) is 19.7 Å². The zero-order valence-electron chi connectivity index (χ0n) is 9.73. The van der Waals surface area contributed by atoms with E-state index in [0.717, 1.165) is 6.42 Å². The van der Waals surface area contributed by atoms with E-state index in [4.69, 9.17) is 14.6 Å². The van der Waals surface area contributed by atoms with Gasteiger partial charge in [0.2, 0.25) is 0 Å². The highest BCUT2D eigenvalue weighted by molar-refractivity contribution is 5.67. The summed E-state index contributed by atoms with van der Waals surface area (Å²) in [6.45, 7) is 4.84. The van der Waals surface area contributed by atoms with Crippen molar-refractivity contribution in [3.63, 3.8) is 0 Å². The van der Waals surface area contributed by atoms with E-state index in [-0.39, 0.29) is 19.3 Å². The molecule has 0 rings (SSSR count). The van der Waals surface area contributed by atoms with Gasteiger partial charge in [-0.05, 0) is 13.3 Å². The van der Waals surface area contributed by atoms with Crippen LogP contribution in [0.1, 0.15) is 20.3 Å². The number of methoxy groups -OCH3 is 1. The van der Waals surface area contributed by atoms with Gasteiger partial charge in [0.25, 0.3) is 0 Å². The van der Waals surface area contributed by atoms with Crippen molar-refractivity contribution in [2.75, 3.05) is 33.5 Å². The van der Waals surface area contributed by atoms with Crippen molar-refractivity contribution >= 4 is 6.09 Å². The molecule has 0 aliphatic carbocycles. The zero-order chi connectivity index (χ0) is 11.7. The third kappa shape index (κ3) is 5.59. The first kappa shape index (κ1) is 14.2. The van der Waals surface area contributed by atoms with E-state index in [1.165, 1.54) is 0 Å². The van der Waals surface area contributed by atoms with Gasteiger partial charge in [0.1, 0.15) is 6.61 Å². The Morgan fingerprint density at radius 3 is 2.60 bits per heavy atom. The summed E-state index contributed by atoms with van der Waals surface area (Å²) in [6, 6.07) is 0.117. The molecule has 5 nitrogen and oxygen atoms in total. The Kier molecular flexibility index (Phi) is 8.04. The predicted octanol–water partition coefficient (Wildman–Crippen LogP) is 0.862. The molecule has 0 aromatic rings. The number of nitrogens with zero attached hydrogens (tertiary/aromatic N) is 1. The second-order valence-electron chi connectivity index (χ2n) is 3.28. The molecule has 90 valence electrons. The van der Waals surface area contributed by atoms with Gasteiger partial charge in [0.05, 0.1) is 13.2 Å². The van der Waals surface area contributed by atoms with Gasteiger partial charge in [-0.15, -0.1) is 0 Å². The summed E-state index contributed by atoms with van der Waals surface area (Å²) in [5.41, 5.74) is 0. The lowest BCUT2D eigenvalue weighted by molar-refractivity contribution is 0.0608. The summed E-state index contributed by atoms with van der Waals surface area (Å²) in [6.07, 6.45) is 0.466. The Labute approximate surface area is 91.0 Å². The SMILES string of the molecule is CCC(C)N(CCOC)C(=O)OCCO. The van der Waals surface area contributed by atoms with Crippen molar-refractivity contribution in [1.29, 1.82) is 0 Å². The normalized spacial score (nSPS) is 12.3. The lowest BCUT2D eigenvalue weighted by atomic mass is 10.2. The summed E-state index contributed by atoms with van der Waals surface area (Å²) < 4.78 is 9.78. The third-order valence-electron chi connectivity index (χ3n) is 2.21. The first-order chi connectivity index (χ1) is 7.17. The number of aliphatic hydroxyl groups excluding tert-OH is 1. The van der Waals surface area contributed by atoms with E-state index in [2.05, 4.69) is 0 Å². The maximum atomic E-state index is 11.5. The summed E-state index contributed by atoms with van der Waals surface area (Å²) in [5, 5.41) is 8.55. The summed E-state index contributed by atoms with van der Waals surface area (Å²) in [5.74, 6) is 0. The van der Waals surface area contributed by atoms with Gasteiger partial charge in [0.15, 0.2) is 0 Å². The fourth-order valence-electron chi connectivity index (χ4n) is 1.12. The molecule has 0 saturated carbocycles. The Bertz CT molecular complexity index is 175. The smallest absolute Gasteiger partial charge is 0.410 e. The summed E-state index contributed by atoms with van der Waals surface area (Å²) >= 11 is 0. The van der Waals surface area contributed by atoms with Gasteiger partial charge in [-0.3, -0.25) is 0 Å². The minimum Gasteiger partial charge on any atom is -0.447 e. The highest BCUT2D eigenvalue weighted by atomic mass is 16.6. The van der Waals surface area contributed by atoms with Crippen LogP contribution in [0.15, 0.2) is 0 Å². The Morgan fingerprint density at radius 1 is 1.47 bits per heavy atom. The molecular formula is C10H21NO4. The highest BCUT2D eigenvalue weighted by Gasteiger charge is 2.19. The van der Waals surface area contributed by atoms with Crippen LogP contribution in [-0.2, 0) is 9.47 Å². The number of amides is 1. The van der Waals surface area contributed by atoms with Gasteiger partial charge in [-0.25, -0.2) is 4.79 Å². The lowest BCUT2D eigenvalue weighted by Gasteiger charge is -2.27. The molecule has 0 fully saturated rings. The molecule has 0 saturated heterocycles. The molecule has 1 amide bonds. The van der Waals surface area contributed by atoms with Gasteiger partial charge >= 0.3 is 6.09 Å². The molecule has 0 heterocycles. The van der Waals surface area contributed by atoms with E-state index < -0.39 is 6.09 Å². The number of hydrogen-bond acceptors (Lipinski definition) is 4. The van der Waals surface area contributed by atoms with Crippen LogP contribution in [0.25, 0.3) is 0 Å². The molecule has 1 unspecified atom stereocenters. The van der Waals surface area contributed by atoms with Gasteiger partial charge in [-0.2, -0.15) is 0 Å². The Morgan fingerprint density at radius 2 is 2.13 bits per heavy atom. The molecule has 0 aromatic heterocycles. The van der Waals surface area contributed by atoms with Crippen LogP contribution in [0, 0.1) is 0 Å². The molecule has 0 aromatic carbocycles. The minimum atomic E-state index is -0.393. The first-order valence-electron chi connectivity index (χ1n) is 5.20. The van der Waals surface area contributed by atoms with Crippen LogP contribution in [-0.4, -0.2) is 55.6 Å². The van der Waals surface area contributed by atoms with E-state index in [9.17, 15) is 4.79 Å². The second-order valence-corrected chi connectivity index (χ2v) is 3.28. The molecule has 1 N–H and O–H groups in total. The van der Waals surface area contributed by atoms with Crippen molar-refractivity contribution < 1.29 is 19.4 Å². The van der Waals surface area contributed by atoms with Crippen molar-refractivity contribution in [3.8, 4) is 0 Å². The molecule has 5 heteroatoms. The van der Waals surface area contributed by atoms with Crippen molar-refractivity contribution in [2.45, 2.75) is 26.3 Å². The van der Waals surface area contributed by atoms with Gasteiger partial charge in [-0.1, -0.05) is 6.92 Å². The fraction of sp³-hybridized carbons (Fsp3) is 0.900. The largest absolute Gasteiger partial charge is 0.447 e. The summed E-state index contributed by atoms with van der Waals surface area (Å²) in [4.78, 5) is 13.2. The predicted molar refractivity (Wildman–Crippen MR) is 56.8 cm³/mol. The number of rotatable bonds is 7. The number of carbonyl (C=O) groups is 1. The van der Waals surface area contributed by atoms with Crippen molar-refractivity contribution in [1.82, 2.24) is 4.90 Å². The van der Waals surface area contributed by atoms with Crippen LogP contribution in [0.4, 0.5) is 4.79 Å². The molecule has 0 bridgehead atoms. The molecule has 0 radical (unpaired) electrons. The minimum absolute atomic E-state index is 0.0404. The average Bonchev–Trinajstić information content (AvgIpc) is 2.26. The Hall–Kier alpha value is -0.810. The number of ether oxygens (including phenoxy) is 2. The van der Waals surface area contributed by atoms with Crippen LogP contribution in [0.2, 0.25) is 0 Å². The Balaban J connectivity index is 4.14. The maximum Gasteiger partial charge on any atom is 0.410 e. The van der Waals surface area contributed by atoms with E-state index in [1.807, 2.05) is 13.8 Å². The van der Waals surface area contributed by atoms with Crippen LogP contribution < -0.4 is 0 Å². The molecule has 0 spiro atoms. The third-order valence-corrected chi connectivity index (χ3v) is 2.21. The van der Waals surface area contributed by atoms with Gasteiger partial charge < -0.3 is 19.5 Å². The maximum absolute atomic E-state index is 11.5.